The first-order valence-electron chi connectivity index (χ1n) is 20.6. The molecule has 8 rings (SSSR count). The lowest BCUT2D eigenvalue weighted by Crippen LogP contribution is -2.29. The number of rotatable bonds is 8. The number of alkyl halides is 6. The number of imidazole rings is 2. The fraction of sp³-hybridized carbons (Fsp3) is 0.447. The molecular formula is C47H54Br2F6N6S2. The molecule has 2 saturated carbocycles. The van der Waals surface area contributed by atoms with Crippen LogP contribution in [0.25, 0.3) is 22.1 Å². The first-order valence-corrected chi connectivity index (χ1v) is 23.8. The fourth-order valence-corrected chi connectivity index (χ4v) is 11.6. The Labute approximate surface area is 391 Å². The number of aromatic nitrogens is 4. The van der Waals surface area contributed by atoms with E-state index in [9.17, 15) is 26.3 Å². The van der Waals surface area contributed by atoms with Gasteiger partial charge in [-0.2, -0.15) is 26.3 Å². The monoisotopic (exact) mass is 1040 g/mol. The molecule has 0 bridgehead atoms. The van der Waals surface area contributed by atoms with E-state index in [2.05, 4.69) is 105 Å². The molecule has 0 unspecified atom stereocenters. The van der Waals surface area contributed by atoms with Crippen LogP contribution in [0, 0.1) is 22.7 Å². The Morgan fingerprint density at radius 1 is 0.571 bits per heavy atom. The molecule has 2 heterocycles. The summed E-state index contributed by atoms with van der Waals surface area (Å²) in [5.74, 6) is 2.65. The number of benzene rings is 4. The third-order valence-electron chi connectivity index (χ3n) is 11.4. The average molecular weight is 1040 g/mol. The van der Waals surface area contributed by atoms with Crippen LogP contribution in [0.15, 0.2) is 104 Å². The van der Waals surface area contributed by atoms with Crippen LogP contribution >= 0.6 is 55.4 Å². The van der Waals surface area contributed by atoms with Crippen LogP contribution in [0.2, 0.25) is 0 Å². The summed E-state index contributed by atoms with van der Waals surface area (Å²) in [5, 5.41) is 6.71. The van der Waals surface area contributed by atoms with Crippen molar-refractivity contribution in [2.24, 2.45) is 22.7 Å². The third kappa shape index (κ3) is 12.9. The maximum absolute atomic E-state index is 12.6. The zero-order chi connectivity index (χ0) is 44.8. The molecule has 0 spiro atoms. The summed E-state index contributed by atoms with van der Waals surface area (Å²) in [6.45, 7) is 13.9. The van der Waals surface area contributed by atoms with E-state index in [-0.39, 0.29) is 51.6 Å². The topological polar surface area (TPSA) is 59.7 Å². The first-order chi connectivity index (χ1) is 29.0. The van der Waals surface area contributed by atoms with Crippen molar-refractivity contribution in [2.75, 3.05) is 10.6 Å². The Morgan fingerprint density at radius 3 is 1.24 bits per heavy atom. The lowest BCUT2D eigenvalue weighted by molar-refractivity contribution is -0.0337. The van der Waals surface area contributed by atoms with Gasteiger partial charge < -0.3 is 19.8 Å². The number of hydrogen-bond acceptors (Lipinski definition) is 6. The van der Waals surface area contributed by atoms with Gasteiger partial charge in [-0.3, -0.25) is 0 Å². The highest BCUT2D eigenvalue weighted by atomic mass is 79.9. The molecule has 0 saturated heterocycles. The molecule has 2 aliphatic carbocycles. The Bertz CT molecular complexity index is 2330. The van der Waals surface area contributed by atoms with E-state index in [1.54, 1.807) is 24.3 Å². The Kier molecular flexibility index (Phi) is 15.0. The first kappa shape index (κ1) is 49.1. The summed E-state index contributed by atoms with van der Waals surface area (Å²) in [4.78, 5) is 10.0. The van der Waals surface area contributed by atoms with E-state index < -0.39 is 11.0 Å². The van der Waals surface area contributed by atoms with E-state index in [4.69, 9.17) is 9.97 Å². The smallest absolute Gasteiger partial charge is 0.326 e. The van der Waals surface area contributed by atoms with Gasteiger partial charge in [-0.15, -0.1) is 0 Å². The van der Waals surface area contributed by atoms with Gasteiger partial charge in [-0.1, -0.05) is 80.8 Å². The Morgan fingerprint density at radius 2 is 0.921 bits per heavy atom. The quantitative estimate of drug-likeness (QED) is 0.117. The lowest BCUT2D eigenvalue weighted by Gasteiger charge is -2.40. The molecule has 2 fully saturated rings. The van der Waals surface area contributed by atoms with Crippen molar-refractivity contribution >= 4 is 101 Å². The van der Waals surface area contributed by atoms with Crippen LogP contribution in [-0.4, -0.2) is 30.1 Å². The molecule has 340 valence electrons. The van der Waals surface area contributed by atoms with Crippen molar-refractivity contribution in [1.82, 2.24) is 19.1 Å². The molecule has 4 atom stereocenters. The zero-order valence-corrected chi connectivity index (χ0v) is 40.1. The highest BCUT2D eigenvalue weighted by Crippen LogP contribution is 2.48. The van der Waals surface area contributed by atoms with Gasteiger partial charge in [-0.25, -0.2) is 9.97 Å². The number of halogens is 8. The lowest BCUT2D eigenvalue weighted by atomic mass is 9.70. The largest absolute Gasteiger partial charge is 0.446 e. The van der Waals surface area contributed by atoms with Gasteiger partial charge in [0, 0.05) is 42.2 Å². The summed E-state index contributed by atoms with van der Waals surface area (Å²) < 4.78 is 82.2. The van der Waals surface area contributed by atoms with E-state index >= 15 is 0 Å². The highest BCUT2D eigenvalue weighted by Gasteiger charge is 2.36. The second kappa shape index (κ2) is 19.2. The van der Waals surface area contributed by atoms with Crippen molar-refractivity contribution in [1.29, 1.82) is 0 Å². The minimum Gasteiger partial charge on any atom is -0.326 e. The molecule has 2 N–H and O–H groups in total. The van der Waals surface area contributed by atoms with Gasteiger partial charge in [0.15, 0.2) is 0 Å². The Hall–Kier alpha value is -3.34. The van der Waals surface area contributed by atoms with Crippen LogP contribution in [0.4, 0.5) is 49.6 Å². The molecule has 0 amide bonds. The van der Waals surface area contributed by atoms with Crippen molar-refractivity contribution in [3.63, 3.8) is 0 Å². The van der Waals surface area contributed by atoms with Gasteiger partial charge in [0.2, 0.25) is 11.9 Å². The molecule has 6 aromatic rings. The molecule has 0 aliphatic heterocycles. The van der Waals surface area contributed by atoms with Crippen molar-refractivity contribution in [2.45, 2.75) is 120 Å². The molecule has 2 aromatic heterocycles. The van der Waals surface area contributed by atoms with E-state index in [1.807, 2.05) is 24.3 Å². The van der Waals surface area contributed by atoms with E-state index in [1.165, 1.54) is 37.1 Å². The number of thioether (sulfide) groups is 2. The van der Waals surface area contributed by atoms with Crippen LogP contribution < -0.4 is 10.6 Å². The van der Waals surface area contributed by atoms with Crippen LogP contribution in [-0.2, 0) is 0 Å². The second-order valence-corrected chi connectivity index (χ2v) is 22.5. The van der Waals surface area contributed by atoms with E-state index in [0.29, 0.717) is 35.3 Å². The number of anilines is 4. The fourth-order valence-electron chi connectivity index (χ4n) is 9.78. The highest BCUT2D eigenvalue weighted by molar-refractivity contribution is 9.10. The van der Waals surface area contributed by atoms with Crippen LogP contribution in [0.3, 0.4) is 0 Å². The predicted molar refractivity (Wildman–Crippen MR) is 257 cm³/mol. The van der Waals surface area contributed by atoms with Gasteiger partial charge >= 0.3 is 11.0 Å². The number of nitrogens with one attached hydrogen (secondary N) is 2. The van der Waals surface area contributed by atoms with Gasteiger partial charge in [-0.05, 0) is 170 Å². The third-order valence-corrected chi connectivity index (χ3v) is 13.9. The van der Waals surface area contributed by atoms with Crippen molar-refractivity contribution in [3.8, 4) is 0 Å². The summed E-state index contributed by atoms with van der Waals surface area (Å²) in [7, 11) is 0. The average Bonchev–Trinajstić information content (AvgIpc) is 3.67. The predicted octanol–water partition coefficient (Wildman–Crippen LogP) is 17.7. The second-order valence-electron chi connectivity index (χ2n) is 18.4. The Balaban J connectivity index is 0.000000206. The standard InChI is InChI=1S/2C23H25BrF3N3S.CH4/c2*1-14-10-17(13-22(2,3)12-14)30-20-9-4-15(24)11-19(20)29-21(30)28-16-5-7-18(8-6-16)31-23(25,26)27;/h2*4-9,11,14,17H,10,12-13H2,1-3H3,(H,28,29);1H4/t2*14-,17+;/m10./s1. The van der Waals surface area contributed by atoms with Gasteiger partial charge in [0.25, 0.3) is 0 Å². The van der Waals surface area contributed by atoms with E-state index in [0.717, 1.165) is 68.6 Å². The minimum absolute atomic E-state index is 0. The molecule has 63 heavy (non-hydrogen) atoms. The summed E-state index contributed by atoms with van der Waals surface area (Å²) >= 11 is 6.84. The minimum atomic E-state index is -4.29. The zero-order valence-electron chi connectivity index (χ0n) is 35.3. The molecular weight excluding hydrogens is 986 g/mol. The van der Waals surface area contributed by atoms with Crippen molar-refractivity contribution in [3.05, 3.63) is 93.9 Å². The van der Waals surface area contributed by atoms with Gasteiger partial charge in [0.1, 0.15) is 0 Å². The molecule has 0 radical (unpaired) electrons. The van der Waals surface area contributed by atoms with Crippen LogP contribution in [0.1, 0.15) is 99.6 Å². The van der Waals surface area contributed by atoms with Crippen LogP contribution in [0.5, 0.6) is 0 Å². The SMILES string of the molecule is C.C[C@@H]1C[C@H](n2c(Nc3ccc(SC(F)(F)F)cc3)nc3cc(Br)ccc32)CC(C)(C)C1.C[C@H]1C[C@@H](n2c(Nc3ccc(SC(F)(F)F)cc3)nc3cc(Br)ccc32)CC(C)(C)C1. The molecule has 4 aromatic carbocycles. The maximum atomic E-state index is 12.6. The summed E-state index contributed by atoms with van der Waals surface area (Å²) in [6, 6.07) is 25.4. The van der Waals surface area contributed by atoms with Gasteiger partial charge in [0.05, 0.1) is 22.1 Å². The summed E-state index contributed by atoms with van der Waals surface area (Å²) in [6.07, 6.45) is 6.64. The number of fused-ring (bicyclic) bond motifs is 2. The normalized spacial score (nSPS) is 21.0. The van der Waals surface area contributed by atoms with Crippen molar-refractivity contribution < 1.29 is 26.3 Å². The molecule has 2 aliphatic rings. The maximum Gasteiger partial charge on any atom is 0.446 e. The number of nitrogens with zero attached hydrogens (tertiary/aromatic N) is 4. The summed E-state index contributed by atoms with van der Waals surface area (Å²) in [5.41, 5.74) is -2.79. The molecule has 16 heteroatoms. The number of hydrogen-bond donors (Lipinski definition) is 2. The molecule has 6 nitrogen and oxygen atoms in total.